The van der Waals surface area contributed by atoms with Gasteiger partial charge in [0.05, 0.1) is 12.6 Å². The van der Waals surface area contributed by atoms with E-state index in [1.165, 1.54) is 5.56 Å². The second-order valence-corrected chi connectivity index (χ2v) is 10.8. The molecular formula is C29H41N3O2. The van der Waals surface area contributed by atoms with Gasteiger partial charge in [0, 0.05) is 25.2 Å². The first-order chi connectivity index (χ1) is 16.3. The Hall–Kier alpha value is -2.53. The number of nitrogens with zero attached hydrogens (tertiary/aromatic N) is 3. The van der Waals surface area contributed by atoms with E-state index in [-0.39, 0.29) is 17.1 Å². The topological polar surface area (TPSA) is 36.0 Å². The summed E-state index contributed by atoms with van der Waals surface area (Å²) in [6.07, 6.45) is 5.23. The van der Waals surface area contributed by atoms with Gasteiger partial charge in [-0.05, 0) is 75.4 Å². The zero-order chi connectivity index (χ0) is 24.3. The van der Waals surface area contributed by atoms with Crippen LogP contribution in [-0.2, 0) is 12.1 Å². The van der Waals surface area contributed by atoms with Gasteiger partial charge in [0.25, 0.3) is 0 Å². The molecule has 2 fully saturated rings. The fourth-order valence-corrected chi connectivity index (χ4v) is 5.98. The number of urea groups is 1. The van der Waals surface area contributed by atoms with Crippen molar-refractivity contribution < 1.29 is 9.53 Å². The molecule has 2 amide bonds. The first-order valence-corrected chi connectivity index (χ1v) is 12.7. The average Bonchev–Trinajstić information content (AvgIpc) is 3.09. The maximum atomic E-state index is 13.7. The van der Waals surface area contributed by atoms with Crippen molar-refractivity contribution in [2.24, 2.45) is 5.92 Å². The Bertz CT molecular complexity index is 947. The molecule has 0 atom stereocenters. The molecule has 5 nitrogen and oxygen atoms in total. The van der Waals surface area contributed by atoms with Crippen molar-refractivity contribution in [2.45, 2.75) is 63.6 Å². The van der Waals surface area contributed by atoms with Crippen LogP contribution in [0.1, 0.15) is 57.1 Å². The summed E-state index contributed by atoms with van der Waals surface area (Å²) in [6.45, 7) is 6.80. The van der Waals surface area contributed by atoms with Crippen molar-refractivity contribution in [3.05, 3.63) is 65.7 Å². The molecule has 1 saturated heterocycles. The van der Waals surface area contributed by atoms with E-state index in [9.17, 15) is 4.79 Å². The quantitative estimate of drug-likeness (QED) is 0.500. The van der Waals surface area contributed by atoms with Gasteiger partial charge < -0.3 is 14.5 Å². The van der Waals surface area contributed by atoms with Gasteiger partial charge in [-0.25, -0.2) is 4.79 Å². The van der Waals surface area contributed by atoms with E-state index in [4.69, 9.17) is 4.74 Å². The largest absolute Gasteiger partial charge is 0.497 e. The van der Waals surface area contributed by atoms with Crippen LogP contribution < -0.4 is 4.74 Å². The summed E-state index contributed by atoms with van der Waals surface area (Å²) in [5, 5.41) is 0. The van der Waals surface area contributed by atoms with E-state index < -0.39 is 0 Å². The summed E-state index contributed by atoms with van der Waals surface area (Å²) in [5.74, 6) is 1.43. The molecular weight excluding hydrogens is 422 g/mol. The summed E-state index contributed by atoms with van der Waals surface area (Å²) < 4.78 is 5.30. The summed E-state index contributed by atoms with van der Waals surface area (Å²) in [7, 11) is 6.09. The first-order valence-electron chi connectivity index (χ1n) is 12.7. The number of rotatable bonds is 8. The van der Waals surface area contributed by atoms with E-state index in [2.05, 4.69) is 85.1 Å². The van der Waals surface area contributed by atoms with E-state index in [1.807, 2.05) is 12.1 Å². The van der Waals surface area contributed by atoms with Crippen molar-refractivity contribution in [2.75, 3.05) is 34.3 Å². The summed E-state index contributed by atoms with van der Waals surface area (Å²) in [6, 6.07) is 19.2. The maximum Gasteiger partial charge on any atom is 0.320 e. The number of hydrogen-bond acceptors (Lipinski definition) is 3. The van der Waals surface area contributed by atoms with Crippen molar-refractivity contribution in [3.63, 3.8) is 0 Å². The Morgan fingerprint density at radius 1 is 0.971 bits per heavy atom. The Kier molecular flexibility index (Phi) is 7.22. The smallest absolute Gasteiger partial charge is 0.320 e. The molecule has 2 aliphatic rings. The highest BCUT2D eigenvalue weighted by atomic mass is 16.5. The minimum absolute atomic E-state index is 0.0304. The molecule has 1 saturated carbocycles. The Morgan fingerprint density at radius 3 is 2.18 bits per heavy atom. The standard InChI is InChI=1S/C29H41N3O2/c1-23(2)15-20-32-27(33)31(21-24-11-13-26(34-5)14-12-24)22-28(32)16-18-29(19-17-28,30(3)4)25-9-7-6-8-10-25/h6-14,23H,15-22H2,1-5H3/t28-,29-. The van der Waals surface area contributed by atoms with Crippen LogP contribution in [0.3, 0.4) is 0 Å². The SMILES string of the molecule is COc1ccc(CN2C[C@]3(CC[C@@](c4ccccc4)(N(C)C)CC3)N(CCC(C)C)C2=O)cc1. The molecule has 1 spiro atoms. The van der Waals surface area contributed by atoms with E-state index in [1.54, 1.807) is 7.11 Å². The lowest BCUT2D eigenvalue weighted by Crippen LogP contribution is -2.55. The van der Waals surface area contributed by atoms with Gasteiger partial charge in [-0.15, -0.1) is 0 Å². The Balaban J connectivity index is 1.57. The maximum absolute atomic E-state index is 13.7. The number of benzene rings is 2. The summed E-state index contributed by atoms with van der Waals surface area (Å²) in [5.41, 5.74) is 2.50. The first kappa shape index (κ1) is 24.6. The number of amides is 2. The minimum Gasteiger partial charge on any atom is -0.497 e. The molecule has 1 heterocycles. The highest BCUT2D eigenvalue weighted by molar-refractivity contribution is 5.78. The summed E-state index contributed by atoms with van der Waals surface area (Å²) in [4.78, 5) is 20.4. The van der Waals surface area contributed by atoms with Crippen molar-refractivity contribution in [1.82, 2.24) is 14.7 Å². The number of methoxy groups -OCH3 is 1. The van der Waals surface area contributed by atoms with Crippen LogP contribution in [0.4, 0.5) is 4.79 Å². The van der Waals surface area contributed by atoms with Crippen molar-refractivity contribution >= 4 is 6.03 Å². The number of ether oxygens (including phenoxy) is 1. The van der Waals surface area contributed by atoms with Crippen LogP contribution in [0.2, 0.25) is 0 Å². The molecule has 0 unspecified atom stereocenters. The van der Waals surface area contributed by atoms with Crippen LogP contribution in [0.15, 0.2) is 54.6 Å². The zero-order valence-electron chi connectivity index (χ0n) is 21.6. The molecule has 0 N–H and O–H groups in total. The predicted octanol–water partition coefficient (Wildman–Crippen LogP) is 5.75. The molecule has 1 aliphatic carbocycles. The third-order valence-corrected chi connectivity index (χ3v) is 8.20. The Labute approximate surface area is 205 Å². The fourth-order valence-electron chi connectivity index (χ4n) is 5.98. The van der Waals surface area contributed by atoms with E-state index in [0.29, 0.717) is 12.5 Å². The van der Waals surface area contributed by atoms with E-state index >= 15 is 0 Å². The lowest BCUT2D eigenvalue weighted by Gasteiger charge is -2.51. The highest BCUT2D eigenvalue weighted by Crippen LogP contribution is 2.49. The molecule has 2 aromatic rings. The molecule has 34 heavy (non-hydrogen) atoms. The fraction of sp³-hybridized carbons (Fsp3) is 0.552. The normalized spacial score (nSPS) is 25.1. The van der Waals surface area contributed by atoms with Crippen molar-refractivity contribution in [1.29, 1.82) is 0 Å². The molecule has 4 rings (SSSR count). The van der Waals surface area contributed by atoms with Gasteiger partial charge >= 0.3 is 6.03 Å². The van der Waals surface area contributed by atoms with Crippen LogP contribution in [0.5, 0.6) is 5.75 Å². The third kappa shape index (κ3) is 4.68. The monoisotopic (exact) mass is 463 g/mol. The van der Waals surface area contributed by atoms with Crippen LogP contribution in [0, 0.1) is 5.92 Å². The van der Waals surface area contributed by atoms with Crippen molar-refractivity contribution in [3.8, 4) is 5.75 Å². The molecule has 0 aromatic heterocycles. The predicted molar refractivity (Wildman–Crippen MR) is 138 cm³/mol. The molecule has 184 valence electrons. The molecule has 1 aliphatic heterocycles. The minimum atomic E-state index is -0.0767. The number of carbonyl (C=O) groups is 1. The van der Waals surface area contributed by atoms with Gasteiger partial charge in [0.1, 0.15) is 5.75 Å². The Morgan fingerprint density at radius 2 is 1.62 bits per heavy atom. The summed E-state index contributed by atoms with van der Waals surface area (Å²) >= 11 is 0. The van der Waals surface area contributed by atoms with Gasteiger partial charge in [0.2, 0.25) is 0 Å². The zero-order valence-corrected chi connectivity index (χ0v) is 21.6. The highest BCUT2D eigenvalue weighted by Gasteiger charge is 2.54. The average molecular weight is 464 g/mol. The van der Waals surface area contributed by atoms with Crippen LogP contribution in [0.25, 0.3) is 0 Å². The van der Waals surface area contributed by atoms with E-state index in [0.717, 1.165) is 56.5 Å². The van der Waals surface area contributed by atoms with Gasteiger partial charge in [-0.3, -0.25) is 4.90 Å². The molecule has 0 bridgehead atoms. The molecule has 5 heteroatoms. The van der Waals surface area contributed by atoms with Crippen LogP contribution in [-0.4, -0.2) is 60.6 Å². The van der Waals surface area contributed by atoms with Gasteiger partial charge in [-0.2, -0.15) is 0 Å². The second-order valence-electron chi connectivity index (χ2n) is 10.8. The lowest BCUT2D eigenvalue weighted by atomic mass is 9.68. The second kappa shape index (κ2) is 9.99. The third-order valence-electron chi connectivity index (χ3n) is 8.20. The molecule has 0 radical (unpaired) electrons. The van der Waals surface area contributed by atoms with Gasteiger partial charge in [-0.1, -0.05) is 56.3 Å². The van der Waals surface area contributed by atoms with Gasteiger partial charge in [0.15, 0.2) is 0 Å². The lowest BCUT2D eigenvalue weighted by molar-refractivity contribution is 0.0234. The number of carbonyl (C=O) groups excluding carboxylic acids is 1. The van der Waals surface area contributed by atoms with Crippen LogP contribution >= 0.6 is 0 Å². The molecule has 2 aromatic carbocycles. The number of hydrogen-bond donors (Lipinski definition) is 0.